The second-order valence-corrected chi connectivity index (χ2v) is 9.09. The van der Waals surface area contributed by atoms with Gasteiger partial charge in [-0.25, -0.2) is 22.0 Å². The fourth-order valence-corrected chi connectivity index (χ4v) is 5.07. The monoisotopic (exact) mass is 418 g/mol. The topological polar surface area (TPSA) is 122 Å². The molecule has 2 aromatic rings. The van der Waals surface area contributed by atoms with Gasteiger partial charge in [0.1, 0.15) is 0 Å². The van der Waals surface area contributed by atoms with Gasteiger partial charge in [0.15, 0.2) is 0 Å². The molecule has 1 aliphatic heterocycles. The van der Waals surface area contributed by atoms with Crippen LogP contribution in [0.15, 0.2) is 58.6 Å². The highest BCUT2D eigenvalue weighted by molar-refractivity contribution is 7.90. The molecule has 1 saturated heterocycles. The minimum Gasteiger partial charge on any atom is -0.313 e. The lowest BCUT2D eigenvalue weighted by molar-refractivity contribution is 0.271. The molecule has 11 heteroatoms. The second kappa shape index (κ2) is 7.99. The average Bonchev–Trinajstić information content (AvgIpc) is 2.62. The van der Waals surface area contributed by atoms with Crippen LogP contribution in [0, 0.1) is 0 Å². The van der Waals surface area contributed by atoms with Gasteiger partial charge in [0.2, 0.25) is 20.0 Å². The highest BCUT2D eigenvalue weighted by Gasteiger charge is 2.34. The van der Waals surface area contributed by atoms with Crippen LogP contribution in [-0.2, 0) is 20.0 Å². The number of aromatic nitrogens is 1. The molecule has 1 aromatic heterocycles. The summed E-state index contributed by atoms with van der Waals surface area (Å²) in [4.78, 5) is 3.71. The van der Waals surface area contributed by atoms with Crippen LogP contribution in [0.3, 0.4) is 0 Å². The van der Waals surface area contributed by atoms with Crippen molar-refractivity contribution in [1.29, 1.82) is 0 Å². The van der Waals surface area contributed by atoms with E-state index in [0.29, 0.717) is 13.1 Å². The molecule has 0 radical (unpaired) electrons. The molecule has 0 amide bonds. The standard InChI is InChI=1S/C15H18N4O4S2.ClH/c16-24(20,21)13-4-1-5-14(9-13)25(22,23)19-8-7-18-11-15(19)12-3-2-6-17-10-12;/h1-6,9-10,15,18H,7-8,11H2,(H2,16,20,21);1H. The first-order valence-corrected chi connectivity index (χ1v) is 10.5. The van der Waals surface area contributed by atoms with Crippen molar-refractivity contribution in [2.75, 3.05) is 19.6 Å². The number of halogens is 1. The van der Waals surface area contributed by atoms with E-state index < -0.39 is 26.1 Å². The van der Waals surface area contributed by atoms with Crippen molar-refractivity contribution < 1.29 is 16.8 Å². The molecule has 8 nitrogen and oxygen atoms in total. The van der Waals surface area contributed by atoms with Crippen molar-refractivity contribution in [2.24, 2.45) is 5.14 Å². The maximum Gasteiger partial charge on any atom is 0.243 e. The molecule has 0 aliphatic carbocycles. The van der Waals surface area contributed by atoms with Crippen LogP contribution in [0.1, 0.15) is 11.6 Å². The van der Waals surface area contributed by atoms with Gasteiger partial charge in [0.25, 0.3) is 0 Å². The first-order chi connectivity index (χ1) is 11.8. The lowest BCUT2D eigenvalue weighted by Gasteiger charge is -2.35. The highest BCUT2D eigenvalue weighted by atomic mass is 35.5. The Hall–Kier alpha value is -1.56. The van der Waals surface area contributed by atoms with Gasteiger partial charge in [0.05, 0.1) is 15.8 Å². The Morgan fingerprint density at radius 3 is 2.50 bits per heavy atom. The first-order valence-electron chi connectivity index (χ1n) is 7.55. The van der Waals surface area contributed by atoms with Gasteiger partial charge in [-0.15, -0.1) is 12.4 Å². The summed E-state index contributed by atoms with van der Waals surface area (Å²) in [5.41, 5.74) is 0.765. The molecule has 1 aromatic carbocycles. The highest BCUT2D eigenvalue weighted by Crippen LogP contribution is 2.29. The summed E-state index contributed by atoms with van der Waals surface area (Å²) in [6, 6.07) is 8.23. The number of hydrogen-bond acceptors (Lipinski definition) is 6. The van der Waals surface area contributed by atoms with E-state index in [1.54, 1.807) is 18.5 Å². The summed E-state index contributed by atoms with van der Waals surface area (Å²) in [5.74, 6) is 0. The predicted molar refractivity (Wildman–Crippen MR) is 98.8 cm³/mol. The number of nitrogens with two attached hydrogens (primary N) is 1. The number of sulfonamides is 2. The molecule has 1 unspecified atom stereocenters. The Morgan fingerprint density at radius 2 is 1.85 bits per heavy atom. The molecule has 0 saturated carbocycles. The third-order valence-electron chi connectivity index (χ3n) is 4.00. The number of pyridine rings is 1. The maximum atomic E-state index is 13.1. The minimum absolute atomic E-state index is 0. The Kier molecular flexibility index (Phi) is 6.37. The van der Waals surface area contributed by atoms with Crippen LogP contribution in [0.4, 0.5) is 0 Å². The number of rotatable bonds is 4. The summed E-state index contributed by atoms with van der Waals surface area (Å²) in [6.45, 7) is 1.21. The molecule has 1 fully saturated rings. The van der Waals surface area contributed by atoms with Crippen LogP contribution in [0.2, 0.25) is 0 Å². The number of nitrogens with one attached hydrogen (secondary N) is 1. The van der Waals surface area contributed by atoms with Crippen LogP contribution in [0.25, 0.3) is 0 Å². The number of nitrogens with zero attached hydrogens (tertiary/aromatic N) is 2. The zero-order chi connectivity index (χ0) is 18.1. The quantitative estimate of drug-likeness (QED) is 0.744. The largest absolute Gasteiger partial charge is 0.313 e. The third-order valence-corrected chi connectivity index (χ3v) is 6.82. The first kappa shape index (κ1) is 20.7. The smallest absolute Gasteiger partial charge is 0.243 e. The van der Waals surface area contributed by atoms with Gasteiger partial charge in [-0.3, -0.25) is 4.98 Å². The number of primary sulfonamides is 1. The Balaban J connectivity index is 0.00000243. The number of hydrogen-bond donors (Lipinski definition) is 2. The lowest BCUT2D eigenvalue weighted by atomic mass is 10.1. The summed E-state index contributed by atoms with van der Waals surface area (Å²) in [5, 5.41) is 8.28. The second-order valence-electron chi connectivity index (χ2n) is 5.64. The maximum absolute atomic E-state index is 13.1. The average molecular weight is 419 g/mol. The van der Waals surface area contributed by atoms with Gasteiger partial charge < -0.3 is 5.32 Å². The molecule has 26 heavy (non-hydrogen) atoms. The number of piperazine rings is 1. The molecular formula is C15H19ClN4O4S2. The Bertz CT molecular complexity index is 968. The van der Waals surface area contributed by atoms with E-state index in [9.17, 15) is 16.8 Å². The predicted octanol–water partition coefficient (Wildman–Crippen LogP) is 0.486. The summed E-state index contributed by atoms with van der Waals surface area (Å²) >= 11 is 0. The van der Waals surface area contributed by atoms with E-state index in [1.165, 1.54) is 22.5 Å². The van der Waals surface area contributed by atoms with Crippen molar-refractivity contribution in [3.63, 3.8) is 0 Å². The van der Waals surface area contributed by atoms with Gasteiger partial charge in [-0.05, 0) is 29.8 Å². The minimum atomic E-state index is -3.99. The van der Waals surface area contributed by atoms with Crippen molar-refractivity contribution in [1.82, 2.24) is 14.6 Å². The van der Waals surface area contributed by atoms with Crippen LogP contribution in [0.5, 0.6) is 0 Å². The summed E-state index contributed by atoms with van der Waals surface area (Å²) in [7, 11) is -7.88. The van der Waals surface area contributed by atoms with E-state index in [4.69, 9.17) is 5.14 Å². The molecule has 0 spiro atoms. The zero-order valence-electron chi connectivity index (χ0n) is 13.6. The normalized spacial score (nSPS) is 18.9. The van der Waals surface area contributed by atoms with Crippen LogP contribution in [-0.4, -0.2) is 45.8 Å². The third kappa shape index (κ3) is 4.22. The lowest BCUT2D eigenvalue weighted by Crippen LogP contribution is -2.48. The van der Waals surface area contributed by atoms with Crippen molar-refractivity contribution in [3.8, 4) is 0 Å². The van der Waals surface area contributed by atoms with E-state index in [1.807, 2.05) is 6.07 Å². The molecule has 2 heterocycles. The van der Waals surface area contributed by atoms with Gasteiger partial charge in [-0.2, -0.15) is 4.31 Å². The van der Waals surface area contributed by atoms with E-state index in [-0.39, 0.29) is 28.7 Å². The summed E-state index contributed by atoms with van der Waals surface area (Å²) in [6.07, 6.45) is 3.25. The summed E-state index contributed by atoms with van der Waals surface area (Å²) < 4.78 is 50.6. The van der Waals surface area contributed by atoms with Gasteiger partial charge in [-0.1, -0.05) is 12.1 Å². The number of benzene rings is 1. The zero-order valence-corrected chi connectivity index (χ0v) is 16.1. The van der Waals surface area contributed by atoms with E-state index >= 15 is 0 Å². The fourth-order valence-electron chi connectivity index (χ4n) is 2.78. The Morgan fingerprint density at radius 1 is 1.12 bits per heavy atom. The molecule has 0 bridgehead atoms. The van der Waals surface area contributed by atoms with Gasteiger partial charge in [0, 0.05) is 32.0 Å². The fraction of sp³-hybridized carbons (Fsp3) is 0.267. The van der Waals surface area contributed by atoms with Crippen molar-refractivity contribution in [2.45, 2.75) is 15.8 Å². The molecule has 1 atom stereocenters. The van der Waals surface area contributed by atoms with Crippen molar-refractivity contribution in [3.05, 3.63) is 54.4 Å². The molecule has 1 aliphatic rings. The molecule has 3 rings (SSSR count). The molecule has 142 valence electrons. The van der Waals surface area contributed by atoms with E-state index in [0.717, 1.165) is 11.6 Å². The van der Waals surface area contributed by atoms with Crippen molar-refractivity contribution >= 4 is 32.5 Å². The SMILES string of the molecule is Cl.NS(=O)(=O)c1cccc(S(=O)(=O)N2CCNCC2c2cccnc2)c1. The van der Waals surface area contributed by atoms with Crippen LogP contribution >= 0.6 is 12.4 Å². The molecule has 3 N–H and O–H groups in total. The van der Waals surface area contributed by atoms with E-state index in [2.05, 4.69) is 10.3 Å². The van der Waals surface area contributed by atoms with Gasteiger partial charge >= 0.3 is 0 Å². The molecular weight excluding hydrogens is 400 g/mol. The van der Waals surface area contributed by atoms with Crippen LogP contribution < -0.4 is 10.5 Å². The Labute approximate surface area is 158 Å².